The molecule has 0 bridgehead atoms. The van der Waals surface area contributed by atoms with Crippen molar-refractivity contribution in [3.8, 4) is 22.4 Å². The number of carboxylic acid groups (broad SMARTS) is 1. The van der Waals surface area contributed by atoms with Gasteiger partial charge in [-0.25, -0.2) is 19.0 Å². The monoisotopic (exact) mass is 841 g/mol. The fourth-order valence-corrected chi connectivity index (χ4v) is 20.9. The van der Waals surface area contributed by atoms with Gasteiger partial charge in [-0.05, 0) is 97.7 Å². The average molecular weight is 842 g/mol. The van der Waals surface area contributed by atoms with E-state index < -0.39 is 26.2 Å². The molecule has 13 nitrogen and oxygen atoms in total. The number of thiol groups is 1. The molecule has 4 unspecified atom stereocenters. The van der Waals surface area contributed by atoms with Gasteiger partial charge in [0.2, 0.25) is 0 Å². The van der Waals surface area contributed by atoms with Gasteiger partial charge < -0.3 is 19.3 Å². The number of benzene rings is 2. The topological polar surface area (TPSA) is 173 Å². The summed E-state index contributed by atoms with van der Waals surface area (Å²) in [5, 5.41) is 19.3. The number of hydrogen-bond acceptors (Lipinski definition) is 10. The van der Waals surface area contributed by atoms with Crippen molar-refractivity contribution in [1.29, 1.82) is 0 Å². The highest BCUT2D eigenvalue weighted by Gasteiger charge is 2.89. The molecule has 3 fully saturated rings. The van der Waals surface area contributed by atoms with Gasteiger partial charge in [-0.2, -0.15) is 5.10 Å². The molecular weight excluding hydrogens is 795 g/mol. The van der Waals surface area contributed by atoms with E-state index in [0.717, 1.165) is 47.4 Å². The number of amides is 1. The van der Waals surface area contributed by atoms with Crippen molar-refractivity contribution in [1.82, 2.24) is 29.6 Å². The molecule has 4 aromatic heterocycles. The van der Waals surface area contributed by atoms with E-state index in [1.54, 1.807) is 24.5 Å². The fraction of sp³-hybridized carbons (Fsp3) is 0.381. The molecule has 1 amide bonds. The molecule has 0 saturated carbocycles. The summed E-state index contributed by atoms with van der Waals surface area (Å²) in [6, 6.07) is 18.4. The molecule has 0 radical (unpaired) electrons. The number of likely N-dealkylation sites (N-methyl/N-ethyl adjacent to an activating group) is 1. The smallest absolute Gasteiger partial charge is 0.355 e. The maximum Gasteiger partial charge on any atom is 0.355 e. The second-order valence-corrected chi connectivity index (χ2v) is 25.8. The number of aromatic nitrogens is 5. The highest BCUT2D eigenvalue weighted by atomic mass is 32.3. The van der Waals surface area contributed by atoms with Crippen LogP contribution in [0.3, 0.4) is 0 Å². The van der Waals surface area contributed by atoms with Gasteiger partial charge in [-0.3, -0.25) is 28.9 Å². The van der Waals surface area contributed by atoms with Crippen LogP contribution in [-0.4, -0.2) is 115 Å². The van der Waals surface area contributed by atoms with Gasteiger partial charge in [-0.1, -0.05) is 36.5 Å². The summed E-state index contributed by atoms with van der Waals surface area (Å²) in [5.74, 6) is 1.59. The van der Waals surface area contributed by atoms with Crippen molar-refractivity contribution >= 4 is 69.7 Å². The van der Waals surface area contributed by atoms with Crippen LogP contribution in [0.25, 0.3) is 43.5 Å². The Morgan fingerprint density at radius 3 is 2.69 bits per heavy atom. The summed E-state index contributed by atoms with van der Waals surface area (Å²) in [5.41, 5.74) is 4.99. The van der Waals surface area contributed by atoms with Crippen molar-refractivity contribution < 1.29 is 28.2 Å². The molecule has 3 aliphatic heterocycles. The molecule has 304 valence electrons. The molecule has 4 atom stereocenters. The SMILES string of the molecule is Cc1c(-c2ccc(-c3ccc4nccc(C(=O)Nc5nc6ccccc6s5)c4c3)nc2C(=O)O)cnn1CC1CC2(OCCN(C)CCS(=O)O)CC3(C)C[SH]32(C)C1. The van der Waals surface area contributed by atoms with Crippen LogP contribution in [0.15, 0.2) is 73.1 Å². The minimum Gasteiger partial charge on any atom is -0.476 e. The number of anilines is 1. The van der Waals surface area contributed by atoms with Crippen LogP contribution >= 0.6 is 20.5 Å². The molecule has 58 heavy (non-hydrogen) atoms. The Kier molecular flexibility index (Phi) is 9.41. The third kappa shape index (κ3) is 6.18. The van der Waals surface area contributed by atoms with Crippen molar-refractivity contribution in [3.63, 3.8) is 0 Å². The normalized spacial score (nSPS) is 23.8. The first-order valence-corrected chi connectivity index (χ1v) is 24.6. The zero-order chi connectivity index (χ0) is 40.6. The zero-order valence-electron chi connectivity index (χ0n) is 32.8. The molecule has 2 aromatic carbocycles. The van der Waals surface area contributed by atoms with Gasteiger partial charge in [0.1, 0.15) is 0 Å². The quantitative estimate of drug-likeness (QED) is 0.0517. The van der Waals surface area contributed by atoms with E-state index in [9.17, 15) is 23.5 Å². The van der Waals surface area contributed by atoms with Crippen molar-refractivity contribution in [2.24, 2.45) is 5.92 Å². The molecule has 16 heteroatoms. The van der Waals surface area contributed by atoms with E-state index in [-0.39, 0.29) is 22.3 Å². The number of para-hydroxylation sites is 1. The molecule has 0 aliphatic carbocycles. The van der Waals surface area contributed by atoms with Crippen LogP contribution in [0.4, 0.5) is 5.13 Å². The van der Waals surface area contributed by atoms with Gasteiger partial charge in [0.25, 0.3) is 5.91 Å². The van der Waals surface area contributed by atoms with E-state index in [2.05, 4.69) is 38.3 Å². The number of carbonyl (C=O) groups excluding carboxylic acids is 1. The minimum absolute atomic E-state index is 0.0752. The first-order valence-electron chi connectivity index (χ1n) is 19.4. The van der Waals surface area contributed by atoms with Crippen LogP contribution in [0.2, 0.25) is 0 Å². The molecule has 9 rings (SSSR count). The van der Waals surface area contributed by atoms with Crippen LogP contribution in [0.5, 0.6) is 0 Å². The van der Waals surface area contributed by atoms with Crippen LogP contribution in [-0.2, 0) is 22.4 Å². The predicted octanol–water partition coefficient (Wildman–Crippen LogP) is 6.79. The average Bonchev–Trinajstić information content (AvgIpc) is 3.61. The Labute approximate surface area is 342 Å². The minimum atomic E-state index is -2.07. The number of carbonyl (C=O) groups is 2. The third-order valence-electron chi connectivity index (χ3n) is 13.7. The van der Waals surface area contributed by atoms with E-state index in [1.165, 1.54) is 22.8 Å². The van der Waals surface area contributed by atoms with Gasteiger partial charge in [0.15, 0.2) is 21.9 Å². The Balaban J connectivity index is 0.937. The molecule has 6 aromatic rings. The Hall–Kier alpha value is -4.58. The lowest BCUT2D eigenvalue weighted by Crippen LogP contribution is -2.52. The first kappa shape index (κ1) is 38.9. The third-order valence-corrected chi connectivity index (χ3v) is 24.1. The van der Waals surface area contributed by atoms with E-state index >= 15 is 0 Å². The number of thiazole rings is 1. The van der Waals surface area contributed by atoms with Gasteiger partial charge in [0.05, 0.1) is 50.5 Å². The van der Waals surface area contributed by atoms with E-state index in [1.807, 2.05) is 67.2 Å². The number of fused-ring (bicyclic) bond motifs is 2. The maximum atomic E-state index is 13.5. The Morgan fingerprint density at radius 2 is 1.93 bits per heavy atom. The summed E-state index contributed by atoms with van der Waals surface area (Å²) in [6.07, 6.45) is 7.97. The molecule has 3 aliphatic rings. The first-order chi connectivity index (χ1) is 27.7. The molecule has 3 N–H and O–H groups in total. The number of aromatic carboxylic acids is 1. The fourth-order valence-electron chi connectivity index (χ4n) is 10.4. The molecule has 7 heterocycles. The van der Waals surface area contributed by atoms with Crippen molar-refractivity contribution in [3.05, 3.63) is 90.0 Å². The van der Waals surface area contributed by atoms with Gasteiger partial charge >= 0.3 is 5.97 Å². The summed E-state index contributed by atoms with van der Waals surface area (Å²) in [4.78, 5) is 42.0. The van der Waals surface area contributed by atoms with Crippen molar-refractivity contribution in [2.75, 3.05) is 55.6 Å². The van der Waals surface area contributed by atoms with E-state index in [0.29, 0.717) is 62.2 Å². The number of hydrogen-bond donors (Lipinski definition) is 4. The number of nitrogens with one attached hydrogen (secondary N) is 1. The van der Waals surface area contributed by atoms with Crippen LogP contribution in [0.1, 0.15) is 46.3 Å². The summed E-state index contributed by atoms with van der Waals surface area (Å²) in [6.45, 7) is 7.03. The second kappa shape index (κ2) is 14.0. The van der Waals surface area contributed by atoms with E-state index in [4.69, 9.17) is 9.84 Å². The van der Waals surface area contributed by atoms with Crippen LogP contribution in [0, 0.1) is 12.8 Å². The van der Waals surface area contributed by atoms with Gasteiger partial charge in [0, 0.05) is 53.6 Å². The summed E-state index contributed by atoms with van der Waals surface area (Å²) in [7, 11) is -0.107. The Morgan fingerprint density at radius 1 is 1.10 bits per heavy atom. The largest absolute Gasteiger partial charge is 0.476 e. The lowest BCUT2D eigenvalue weighted by molar-refractivity contribution is -0.0130. The molecule has 1 spiro atoms. The maximum absolute atomic E-state index is 13.5. The summed E-state index contributed by atoms with van der Waals surface area (Å²) >= 11 is -0.403. The zero-order valence-corrected chi connectivity index (χ0v) is 35.4. The predicted molar refractivity (Wildman–Crippen MR) is 233 cm³/mol. The second-order valence-electron chi connectivity index (χ2n) is 17.0. The molecule has 3 saturated heterocycles. The molecular formula is C42H47N7O6S3. The van der Waals surface area contributed by atoms with Crippen LogP contribution < -0.4 is 5.32 Å². The lowest BCUT2D eigenvalue weighted by atomic mass is 9.95. The number of ether oxygens (including phenoxy) is 1. The number of rotatable bonds is 14. The van der Waals surface area contributed by atoms with Gasteiger partial charge in [-0.15, -0.1) is 0 Å². The standard InChI is InChI=1S/C42H47N7O6S3/c1-26-32(21-44-49(26)22-27-20-42(24-41(2)25-58(41,42,4)23-27)55-17-15-48(3)16-18-57(53)54)29-10-12-33(45-37(29)39(51)52)28-9-11-34-31(19-28)30(13-14-43-34)38(50)47-40-46-35-7-5-6-8-36(35)56-40/h5-14,19,21,27,58H,15-18,20,22-25H2,1-4H3,(H,51,52)(H,53,54)(H,46,47,50). The number of pyridine rings is 2. The van der Waals surface area contributed by atoms with Crippen molar-refractivity contribution in [2.45, 2.75) is 42.9 Å². The number of nitrogens with zero attached hydrogens (tertiary/aromatic N) is 6. The lowest BCUT2D eigenvalue weighted by Gasteiger charge is -2.65. The Bertz CT molecular complexity index is 2650. The number of carboxylic acids is 1. The highest BCUT2D eigenvalue weighted by Crippen LogP contribution is 3.08. The summed E-state index contributed by atoms with van der Waals surface area (Å²) < 4.78 is 30.6. The highest BCUT2D eigenvalue weighted by molar-refractivity contribution is 8.57.